The van der Waals surface area contributed by atoms with E-state index in [2.05, 4.69) is 36.4 Å². The van der Waals surface area contributed by atoms with Crippen LogP contribution in [0.5, 0.6) is 0 Å². The molecular weight excluding hydrogens is 258 g/mol. The molecule has 15 heavy (non-hydrogen) atoms. The number of rotatable bonds is 3. The molecule has 0 radical (unpaired) electrons. The van der Waals surface area contributed by atoms with Crippen LogP contribution in [0.2, 0.25) is 0 Å². The van der Waals surface area contributed by atoms with Gasteiger partial charge in [-0.1, -0.05) is 0 Å². The van der Waals surface area contributed by atoms with Gasteiger partial charge in [-0.25, -0.2) is 0 Å². The summed E-state index contributed by atoms with van der Waals surface area (Å²) in [5, 5.41) is 11.0. The van der Waals surface area contributed by atoms with E-state index in [9.17, 15) is 0 Å². The van der Waals surface area contributed by atoms with Crippen molar-refractivity contribution in [3.05, 3.63) is 35.1 Å². The van der Waals surface area contributed by atoms with Gasteiger partial charge < -0.3 is 9.88 Å². The zero-order chi connectivity index (χ0) is 10.7. The lowest BCUT2D eigenvalue weighted by atomic mass is 10.4. The van der Waals surface area contributed by atoms with E-state index in [0.29, 0.717) is 6.54 Å². The number of aromatic nitrogens is 4. The average molecular weight is 268 g/mol. The molecule has 0 saturated carbocycles. The maximum Gasteiger partial charge on any atom is 0.151 e. The summed E-state index contributed by atoms with van der Waals surface area (Å²) in [6.07, 6.45) is 5.17. The lowest BCUT2D eigenvalue weighted by molar-refractivity contribution is 0.812. The van der Waals surface area contributed by atoms with Crippen LogP contribution in [0.3, 0.4) is 0 Å². The smallest absolute Gasteiger partial charge is 0.151 e. The Labute approximate surface area is 95.7 Å². The molecule has 5 nitrogen and oxygen atoms in total. The van der Waals surface area contributed by atoms with Gasteiger partial charge in [0, 0.05) is 19.4 Å². The lowest BCUT2D eigenvalue weighted by Gasteiger charge is -2.06. The molecule has 0 amide bonds. The first-order valence-electron chi connectivity index (χ1n) is 4.43. The molecule has 0 aromatic carbocycles. The van der Waals surface area contributed by atoms with E-state index in [1.807, 2.05) is 17.7 Å². The summed E-state index contributed by atoms with van der Waals surface area (Å²) in [7, 11) is 1.92. The first-order chi connectivity index (χ1) is 7.27. The monoisotopic (exact) mass is 267 g/mol. The van der Waals surface area contributed by atoms with Gasteiger partial charge in [-0.15, -0.1) is 10.2 Å². The topological polar surface area (TPSA) is 55.6 Å². The number of aryl methyl sites for hydroxylation is 1. The van der Waals surface area contributed by atoms with Crippen LogP contribution < -0.4 is 5.32 Å². The highest BCUT2D eigenvalue weighted by molar-refractivity contribution is 9.10. The van der Waals surface area contributed by atoms with Crippen LogP contribution in [0, 0.1) is 0 Å². The van der Waals surface area contributed by atoms with E-state index in [1.165, 1.54) is 0 Å². The van der Waals surface area contributed by atoms with Crippen molar-refractivity contribution in [2.45, 2.75) is 6.54 Å². The minimum Gasteiger partial charge on any atom is -0.377 e. The molecule has 1 N–H and O–H groups in total. The number of anilines is 1. The SMILES string of the molecule is Cn1cnnc1CNc1ccncc1Br. The molecule has 0 spiro atoms. The normalized spacial score (nSPS) is 10.3. The molecule has 78 valence electrons. The Bertz CT molecular complexity index is 453. The number of hydrogen-bond donors (Lipinski definition) is 1. The van der Waals surface area contributed by atoms with Crippen LogP contribution in [-0.2, 0) is 13.6 Å². The molecule has 0 aliphatic rings. The van der Waals surface area contributed by atoms with Crippen LogP contribution >= 0.6 is 15.9 Å². The van der Waals surface area contributed by atoms with Gasteiger partial charge in [0.25, 0.3) is 0 Å². The van der Waals surface area contributed by atoms with Crippen molar-refractivity contribution >= 4 is 21.6 Å². The quantitative estimate of drug-likeness (QED) is 0.918. The highest BCUT2D eigenvalue weighted by Gasteiger charge is 2.02. The first-order valence-corrected chi connectivity index (χ1v) is 5.23. The molecule has 2 rings (SSSR count). The molecule has 0 aliphatic carbocycles. The first kappa shape index (κ1) is 10.1. The predicted octanol–water partition coefficient (Wildman–Crippen LogP) is 1.58. The van der Waals surface area contributed by atoms with Crippen molar-refractivity contribution < 1.29 is 0 Å². The standard InChI is InChI=1S/C9H10BrN5/c1-15-6-13-14-9(15)5-12-8-2-3-11-4-7(8)10/h2-4,6H,5H2,1H3,(H,11,12). The summed E-state index contributed by atoms with van der Waals surface area (Å²) in [6.45, 7) is 0.638. The Kier molecular flexibility index (Phi) is 2.96. The second-order valence-electron chi connectivity index (χ2n) is 3.07. The zero-order valence-electron chi connectivity index (χ0n) is 8.18. The van der Waals surface area contributed by atoms with Crippen LogP contribution in [0.4, 0.5) is 5.69 Å². The van der Waals surface area contributed by atoms with Gasteiger partial charge in [0.1, 0.15) is 6.33 Å². The Hall–Kier alpha value is -1.43. The van der Waals surface area contributed by atoms with E-state index >= 15 is 0 Å². The van der Waals surface area contributed by atoms with Crippen molar-refractivity contribution in [3.63, 3.8) is 0 Å². The molecule has 0 unspecified atom stereocenters. The Morgan fingerprint density at radius 1 is 1.53 bits per heavy atom. The van der Waals surface area contributed by atoms with Crippen LogP contribution in [0.15, 0.2) is 29.3 Å². The van der Waals surface area contributed by atoms with Crippen molar-refractivity contribution in [1.29, 1.82) is 0 Å². The molecule has 2 heterocycles. The molecule has 0 aliphatic heterocycles. The summed E-state index contributed by atoms with van der Waals surface area (Å²) in [5.41, 5.74) is 0.994. The van der Waals surface area contributed by atoms with Crippen molar-refractivity contribution in [3.8, 4) is 0 Å². The van der Waals surface area contributed by atoms with Gasteiger partial charge >= 0.3 is 0 Å². The number of hydrogen-bond acceptors (Lipinski definition) is 4. The van der Waals surface area contributed by atoms with E-state index in [-0.39, 0.29) is 0 Å². The summed E-state index contributed by atoms with van der Waals surface area (Å²) >= 11 is 3.41. The fourth-order valence-electron chi connectivity index (χ4n) is 1.16. The minimum absolute atomic E-state index is 0.638. The van der Waals surface area contributed by atoms with Crippen molar-refractivity contribution in [2.75, 3.05) is 5.32 Å². The molecular formula is C9H10BrN5. The second kappa shape index (κ2) is 4.39. The highest BCUT2D eigenvalue weighted by atomic mass is 79.9. The van der Waals surface area contributed by atoms with E-state index in [4.69, 9.17) is 0 Å². The average Bonchev–Trinajstić information content (AvgIpc) is 2.63. The number of pyridine rings is 1. The Morgan fingerprint density at radius 2 is 2.40 bits per heavy atom. The van der Waals surface area contributed by atoms with Gasteiger partial charge in [-0.3, -0.25) is 4.98 Å². The fourth-order valence-corrected chi connectivity index (χ4v) is 1.55. The molecule has 0 bridgehead atoms. The van der Waals surface area contributed by atoms with Crippen molar-refractivity contribution in [1.82, 2.24) is 19.7 Å². The largest absolute Gasteiger partial charge is 0.377 e. The van der Waals surface area contributed by atoms with Crippen LogP contribution in [-0.4, -0.2) is 19.7 Å². The second-order valence-corrected chi connectivity index (χ2v) is 3.92. The van der Waals surface area contributed by atoms with E-state index in [0.717, 1.165) is 16.0 Å². The predicted molar refractivity (Wildman–Crippen MR) is 60.3 cm³/mol. The highest BCUT2D eigenvalue weighted by Crippen LogP contribution is 2.20. The summed E-state index contributed by atoms with van der Waals surface area (Å²) in [6, 6.07) is 1.90. The molecule has 2 aromatic heterocycles. The molecule has 2 aromatic rings. The summed E-state index contributed by atoms with van der Waals surface area (Å²) < 4.78 is 2.81. The number of halogens is 1. The Balaban J connectivity index is 2.06. The summed E-state index contributed by atoms with van der Waals surface area (Å²) in [5.74, 6) is 0.888. The van der Waals surface area contributed by atoms with Gasteiger partial charge in [0.15, 0.2) is 5.82 Å². The minimum atomic E-state index is 0.638. The van der Waals surface area contributed by atoms with E-state index < -0.39 is 0 Å². The summed E-state index contributed by atoms with van der Waals surface area (Å²) in [4.78, 5) is 3.99. The molecule has 0 saturated heterocycles. The zero-order valence-corrected chi connectivity index (χ0v) is 9.77. The fraction of sp³-hybridized carbons (Fsp3) is 0.222. The maximum atomic E-state index is 3.99. The number of nitrogens with one attached hydrogen (secondary N) is 1. The van der Waals surface area contributed by atoms with Crippen LogP contribution in [0.25, 0.3) is 0 Å². The molecule has 0 fully saturated rings. The van der Waals surface area contributed by atoms with Gasteiger partial charge in [-0.2, -0.15) is 0 Å². The third-order valence-electron chi connectivity index (χ3n) is 2.01. The van der Waals surface area contributed by atoms with Gasteiger partial charge in [-0.05, 0) is 22.0 Å². The Morgan fingerprint density at radius 3 is 3.07 bits per heavy atom. The lowest BCUT2D eigenvalue weighted by Crippen LogP contribution is -2.06. The van der Waals surface area contributed by atoms with Crippen LogP contribution in [0.1, 0.15) is 5.82 Å². The molecule has 0 atom stereocenters. The third-order valence-corrected chi connectivity index (χ3v) is 2.65. The van der Waals surface area contributed by atoms with E-state index in [1.54, 1.807) is 18.7 Å². The third kappa shape index (κ3) is 2.33. The number of nitrogens with zero attached hydrogens (tertiary/aromatic N) is 4. The van der Waals surface area contributed by atoms with Gasteiger partial charge in [0.2, 0.25) is 0 Å². The maximum absolute atomic E-state index is 3.99. The van der Waals surface area contributed by atoms with Crippen molar-refractivity contribution in [2.24, 2.45) is 7.05 Å². The molecule has 6 heteroatoms. The van der Waals surface area contributed by atoms with Gasteiger partial charge in [0.05, 0.1) is 16.7 Å².